The van der Waals surface area contributed by atoms with Crippen LogP contribution in [0.2, 0.25) is 0 Å². The number of aryl methyl sites for hydroxylation is 2. The predicted octanol–water partition coefficient (Wildman–Crippen LogP) is 5.36. The first kappa shape index (κ1) is 33.0. The monoisotopic (exact) mass is 590 g/mol. The highest BCUT2D eigenvalue weighted by Gasteiger charge is 2.34. The second-order valence-electron chi connectivity index (χ2n) is 11.9. The van der Waals surface area contributed by atoms with E-state index in [2.05, 4.69) is 10.3 Å². The van der Waals surface area contributed by atoms with Gasteiger partial charge in [-0.25, -0.2) is 14.6 Å². The summed E-state index contributed by atoms with van der Waals surface area (Å²) in [6, 6.07) is 15.8. The molecule has 10 nitrogen and oxygen atoms in total. The highest BCUT2D eigenvalue weighted by atomic mass is 16.6. The highest BCUT2D eigenvalue weighted by Crippen LogP contribution is 2.30. The zero-order valence-corrected chi connectivity index (χ0v) is 26.0. The molecule has 230 valence electrons. The van der Waals surface area contributed by atoms with Gasteiger partial charge in [-0.05, 0) is 64.7 Å². The van der Waals surface area contributed by atoms with Crippen LogP contribution in [0.5, 0.6) is 0 Å². The van der Waals surface area contributed by atoms with Gasteiger partial charge in [0.15, 0.2) is 0 Å². The van der Waals surface area contributed by atoms with Crippen LogP contribution in [-0.4, -0.2) is 56.2 Å². The molecule has 0 aliphatic carbocycles. The summed E-state index contributed by atoms with van der Waals surface area (Å²) in [5.74, 6) is -1.54. The quantitative estimate of drug-likeness (QED) is 0.288. The summed E-state index contributed by atoms with van der Waals surface area (Å²) in [5.41, 5.74) is 0.605. The third-order valence-corrected chi connectivity index (χ3v) is 6.81. The Hall–Kier alpha value is -4.47. The first-order chi connectivity index (χ1) is 20.2. The molecule has 1 atom stereocenters. The Bertz CT molecular complexity index is 1490. The van der Waals surface area contributed by atoms with E-state index in [0.717, 1.165) is 11.1 Å². The molecule has 0 saturated heterocycles. The number of rotatable bonds is 11. The number of hydrogen-bond donors (Lipinski definition) is 2. The van der Waals surface area contributed by atoms with Crippen LogP contribution >= 0.6 is 0 Å². The zero-order valence-electron chi connectivity index (χ0n) is 26.0. The van der Waals surface area contributed by atoms with Crippen LogP contribution in [0, 0.1) is 19.8 Å². The SMILES string of the molecule is Cc1ccc(C(=O)N(CCCNC(=O)OC(C)(C)C)C(c2nc(C)c(C(=O)O)c(=O)n2Cc2ccccc2)C(C)C)cc1. The molecule has 3 aromatic rings. The third-order valence-electron chi connectivity index (χ3n) is 6.81. The molecule has 1 unspecified atom stereocenters. The maximum atomic E-state index is 14.1. The summed E-state index contributed by atoms with van der Waals surface area (Å²) in [6.07, 6.45) is -0.155. The molecule has 2 amide bonds. The predicted molar refractivity (Wildman–Crippen MR) is 164 cm³/mol. The fourth-order valence-corrected chi connectivity index (χ4v) is 4.85. The van der Waals surface area contributed by atoms with Gasteiger partial charge in [-0.3, -0.25) is 14.2 Å². The van der Waals surface area contributed by atoms with Gasteiger partial charge in [0.1, 0.15) is 17.0 Å². The number of aromatic nitrogens is 2. The van der Waals surface area contributed by atoms with Crippen LogP contribution in [0.25, 0.3) is 0 Å². The molecule has 1 aromatic heterocycles. The van der Waals surface area contributed by atoms with Crippen LogP contribution in [0.1, 0.15) is 90.4 Å². The van der Waals surface area contributed by atoms with E-state index < -0.39 is 34.8 Å². The van der Waals surface area contributed by atoms with Crippen molar-refractivity contribution in [1.82, 2.24) is 19.8 Å². The van der Waals surface area contributed by atoms with E-state index in [0.29, 0.717) is 17.8 Å². The highest BCUT2D eigenvalue weighted by molar-refractivity contribution is 5.94. The maximum absolute atomic E-state index is 14.1. The minimum absolute atomic E-state index is 0.0804. The van der Waals surface area contributed by atoms with Crippen molar-refractivity contribution in [2.24, 2.45) is 5.92 Å². The Labute approximate surface area is 252 Å². The van der Waals surface area contributed by atoms with Gasteiger partial charge in [0.25, 0.3) is 11.5 Å². The normalized spacial score (nSPS) is 12.1. The molecule has 0 radical (unpaired) electrons. The van der Waals surface area contributed by atoms with Crippen molar-refractivity contribution in [2.45, 2.75) is 73.1 Å². The standard InChI is InChI=1S/C33H42N4O6/c1-21(2)27(28-35-23(4)26(31(40)41)30(39)37(28)20-24-12-9-8-10-13-24)36(29(38)25-16-14-22(3)15-17-25)19-11-18-34-32(42)43-33(5,6)7/h8-10,12-17,21,27H,11,18-20H2,1-7H3,(H,34,42)(H,40,41). The number of ether oxygens (including phenoxy) is 1. The van der Waals surface area contributed by atoms with Crippen LogP contribution in [0.3, 0.4) is 0 Å². The van der Waals surface area contributed by atoms with Crippen LogP contribution in [-0.2, 0) is 11.3 Å². The summed E-state index contributed by atoms with van der Waals surface area (Å²) >= 11 is 0. The minimum Gasteiger partial charge on any atom is -0.477 e. The fourth-order valence-electron chi connectivity index (χ4n) is 4.85. The molecular weight excluding hydrogens is 548 g/mol. The van der Waals surface area contributed by atoms with Gasteiger partial charge >= 0.3 is 12.1 Å². The molecule has 43 heavy (non-hydrogen) atoms. The van der Waals surface area contributed by atoms with Gasteiger partial charge in [0.05, 0.1) is 18.3 Å². The molecule has 0 fully saturated rings. The second kappa shape index (κ2) is 14.1. The molecule has 10 heteroatoms. The first-order valence-corrected chi connectivity index (χ1v) is 14.4. The second-order valence-corrected chi connectivity index (χ2v) is 11.9. The van der Waals surface area contributed by atoms with Crippen molar-refractivity contribution >= 4 is 18.0 Å². The van der Waals surface area contributed by atoms with Gasteiger partial charge < -0.3 is 20.1 Å². The number of carboxylic acids is 1. The van der Waals surface area contributed by atoms with Gasteiger partial charge in [-0.2, -0.15) is 0 Å². The Morgan fingerprint density at radius 3 is 2.21 bits per heavy atom. The maximum Gasteiger partial charge on any atom is 0.407 e. The zero-order chi connectivity index (χ0) is 31.9. The molecule has 0 aliphatic heterocycles. The van der Waals surface area contributed by atoms with Crippen molar-refractivity contribution in [1.29, 1.82) is 0 Å². The molecular formula is C33H42N4O6. The molecule has 3 rings (SSSR count). The van der Waals surface area contributed by atoms with E-state index in [1.807, 2.05) is 63.2 Å². The van der Waals surface area contributed by atoms with Gasteiger partial charge in [0, 0.05) is 18.7 Å². The van der Waals surface area contributed by atoms with E-state index in [4.69, 9.17) is 4.74 Å². The Morgan fingerprint density at radius 1 is 1.02 bits per heavy atom. The van der Waals surface area contributed by atoms with Crippen molar-refractivity contribution in [3.63, 3.8) is 0 Å². The molecule has 1 heterocycles. The fraction of sp³-hybridized carbons (Fsp3) is 0.424. The lowest BCUT2D eigenvalue weighted by atomic mass is 9.98. The molecule has 0 aliphatic rings. The molecule has 0 spiro atoms. The van der Waals surface area contributed by atoms with Crippen molar-refractivity contribution < 1.29 is 24.2 Å². The smallest absolute Gasteiger partial charge is 0.407 e. The summed E-state index contributed by atoms with van der Waals surface area (Å²) in [7, 11) is 0. The molecule has 2 N–H and O–H groups in total. The van der Waals surface area contributed by atoms with Gasteiger partial charge in [-0.15, -0.1) is 0 Å². The lowest BCUT2D eigenvalue weighted by Gasteiger charge is -2.36. The van der Waals surface area contributed by atoms with Crippen molar-refractivity contribution in [3.05, 3.63) is 98.7 Å². The van der Waals surface area contributed by atoms with Gasteiger partial charge in [0.2, 0.25) is 0 Å². The largest absolute Gasteiger partial charge is 0.477 e. The number of aromatic carboxylic acids is 1. The number of carbonyl (C=O) groups is 3. The summed E-state index contributed by atoms with van der Waals surface area (Å²) in [5, 5.41) is 12.6. The van der Waals surface area contributed by atoms with E-state index in [1.165, 1.54) is 11.5 Å². The first-order valence-electron chi connectivity index (χ1n) is 14.4. The Balaban J connectivity index is 2.10. The Morgan fingerprint density at radius 2 is 1.65 bits per heavy atom. The van der Waals surface area contributed by atoms with Gasteiger partial charge in [-0.1, -0.05) is 61.9 Å². The summed E-state index contributed by atoms with van der Waals surface area (Å²) < 4.78 is 6.70. The van der Waals surface area contributed by atoms with Crippen LogP contribution in [0.15, 0.2) is 59.4 Å². The lowest BCUT2D eigenvalue weighted by molar-refractivity contribution is 0.0517. The number of nitrogens with one attached hydrogen (secondary N) is 1. The number of nitrogens with zero attached hydrogens (tertiary/aromatic N) is 3. The summed E-state index contributed by atoms with van der Waals surface area (Å²) in [6.45, 7) is 13.2. The lowest BCUT2D eigenvalue weighted by Crippen LogP contribution is -2.43. The number of benzene rings is 2. The number of carboxylic acid groups (broad SMARTS) is 1. The minimum atomic E-state index is -1.36. The Kier molecular flexibility index (Phi) is 10.9. The molecule has 0 bridgehead atoms. The average molecular weight is 591 g/mol. The van der Waals surface area contributed by atoms with E-state index in [1.54, 1.807) is 37.8 Å². The molecule has 0 saturated carbocycles. The topological polar surface area (TPSA) is 131 Å². The van der Waals surface area contributed by atoms with Crippen molar-refractivity contribution in [3.8, 4) is 0 Å². The third kappa shape index (κ3) is 8.76. The van der Waals surface area contributed by atoms with Crippen LogP contribution in [0.4, 0.5) is 4.79 Å². The van der Waals surface area contributed by atoms with Crippen LogP contribution < -0.4 is 10.9 Å². The van der Waals surface area contributed by atoms with E-state index in [9.17, 15) is 24.3 Å². The van der Waals surface area contributed by atoms with E-state index in [-0.39, 0.29) is 37.2 Å². The molecule has 2 aromatic carbocycles. The number of carbonyl (C=O) groups excluding carboxylic acids is 2. The van der Waals surface area contributed by atoms with Crippen molar-refractivity contribution in [2.75, 3.05) is 13.1 Å². The average Bonchev–Trinajstić information content (AvgIpc) is 2.91. The summed E-state index contributed by atoms with van der Waals surface area (Å²) in [4.78, 5) is 58.5. The van der Waals surface area contributed by atoms with E-state index >= 15 is 0 Å². The number of hydrogen-bond acceptors (Lipinski definition) is 6. The number of alkyl carbamates (subject to hydrolysis) is 1. The number of amides is 2.